The SMILES string of the molecule is C=C(C)N1CC(C)CC[C@H]1CF. The van der Waals surface area contributed by atoms with Gasteiger partial charge in [-0.3, -0.25) is 0 Å². The Hall–Kier alpha value is -0.530. The number of hydrogen-bond donors (Lipinski definition) is 0. The Balaban J connectivity index is 2.58. The maximum absolute atomic E-state index is 12.5. The molecule has 0 saturated carbocycles. The summed E-state index contributed by atoms with van der Waals surface area (Å²) in [6.45, 7) is 8.78. The van der Waals surface area contributed by atoms with E-state index in [0.717, 1.165) is 25.1 Å². The first-order chi connectivity index (χ1) is 5.65. The molecule has 0 N–H and O–H groups in total. The quantitative estimate of drug-likeness (QED) is 0.617. The Morgan fingerprint density at radius 2 is 2.25 bits per heavy atom. The number of likely N-dealkylation sites (tertiary alicyclic amines) is 1. The summed E-state index contributed by atoms with van der Waals surface area (Å²) >= 11 is 0. The molecule has 1 heterocycles. The molecule has 1 rings (SSSR count). The van der Waals surface area contributed by atoms with Gasteiger partial charge in [-0.15, -0.1) is 0 Å². The smallest absolute Gasteiger partial charge is 0.110 e. The van der Waals surface area contributed by atoms with Gasteiger partial charge in [0.25, 0.3) is 0 Å². The molecule has 12 heavy (non-hydrogen) atoms. The molecule has 1 nitrogen and oxygen atoms in total. The van der Waals surface area contributed by atoms with Crippen LogP contribution in [0.25, 0.3) is 0 Å². The molecule has 0 aromatic rings. The molecule has 1 unspecified atom stereocenters. The fourth-order valence-electron chi connectivity index (χ4n) is 1.84. The van der Waals surface area contributed by atoms with Gasteiger partial charge in [0, 0.05) is 12.2 Å². The minimum Gasteiger partial charge on any atom is -0.370 e. The van der Waals surface area contributed by atoms with E-state index in [4.69, 9.17) is 0 Å². The molecule has 0 spiro atoms. The van der Waals surface area contributed by atoms with Crippen LogP contribution in [-0.4, -0.2) is 24.2 Å². The molecule has 1 fully saturated rings. The predicted octanol–water partition coefficient (Wildman–Crippen LogP) is 2.59. The van der Waals surface area contributed by atoms with Crippen LogP contribution in [0, 0.1) is 5.92 Å². The zero-order valence-corrected chi connectivity index (χ0v) is 8.02. The van der Waals surface area contributed by atoms with Gasteiger partial charge in [-0.1, -0.05) is 13.5 Å². The maximum atomic E-state index is 12.5. The molecule has 0 aromatic carbocycles. The van der Waals surface area contributed by atoms with Gasteiger partial charge in [-0.05, 0) is 25.7 Å². The van der Waals surface area contributed by atoms with E-state index in [1.165, 1.54) is 0 Å². The molecule has 1 aliphatic rings. The van der Waals surface area contributed by atoms with E-state index in [-0.39, 0.29) is 12.7 Å². The normalized spacial score (nSPS) is 30.4. The number of nitrogens with zero attached hydrogens (tertiary/aromatic N) is 1. The Bertz CT molecular complexity index is 167. The number of piperidine rings is 1. The molecule has 0 aromatic heterocycles. The van der Waals surface area contributed by atoms with Crippen molar-refractivity contribution in [3.8, 4) is 0 Å². The van der Waals surface area contributed by atoms with E-state index in [1.54, 1.807) is 0 Å². The zero-order chi connectivity index (χ0) is 9.14. The van der Waals surface area contributed by atoms with Crippen LogP contribution in [0.1, 0.15) is 26.7 Å². The Labute approximate surface area is 74.3 Å². The first-order valence-corrected chi connectivity index (χ1v) is 4.63. The number of allylic oxidation sites excluding steroid dienone is 1. The molecule has 0 amide bonds. The highest BCUT2D eigenvalue weighted by atomic mass is 19.1. The molecule has 0 aliphatic carbocycles. The minimum atomic E-state index is -0.237. The summed E-state index contributed by atoms with van der Waals surface area (Å²) in [6.07, 6.45) is 2.13. The first kappa shape index (κ1) is 9.56. The summed E-state index contributed by atoms with van der Waals surface area (Å²) in [5.41, 5.74) is 1.00. The summed E-state index contributed by atoms with van der Waals surface area (Å²) in [5.74, 6) is 0.685. The van der Waals surface area contributed by atoms with E-state index in [9.17, 15) is 4.39 Å². The Kier molecular flexibility index (Phi) is 3.12. The molecule has 1 aliphatic heterocycles. The number of rotatable bonds is 2. The Morgan fingerprint density at radius 3 is 2.75 bits per heavy atom. The van der Waals surface area contributed by atoms with Crippen molar-refractivity contribution in [2.45, 2.75) is 32.7 Å². The fraction of sp³-hybridized carbons (Fsp3) is 0.800. The second kappa shape index (κ2) is 3.92. The van der Waals surface area contributed by atoms with Gasteiger partial charge in [0.2, 0.25) is 0 Å². The lowest BCUT2D eigenvalue weighted by atomic mass is 9.94. The maximum Gasteiger partial charge on any atom is 0.110 e. The highest BCUT2D eigenvalue weighted by molar-refractivity contribution is 4.95. The van der Waals surface area contributed by atoms with Gasteiger partial charge in [-0.25, -0.2) is 4.39 Å². The van der Waals surface area contributed by atoms with E-state index in [0.29, 0.717) is 5.92 Å². The van der Waals surface area contributed by atoms with Crippen LogP contribution >= 0.6 is 0 Å². The van der Waals surface area contributed by atoms with Gasteiger partial charge in [0.05, 0.1) is 6.04 Å². The van der Waals surface area contributed by atoms with Gasteiger partial charge < -0.3 is 4.90 Å². The summed E-state index contributed by atoms with van der Waals surface area (Å²) in [7, 11) is 0. The Morgan fingerprint density at radius 1 is 1.58 bits per heavy atom. The van der Waals surface area contributed by atoms with Crippen molar-refractivity contribution < 1.29 is 4.39 Å². The fourth-order valence-corrected chi connectivity index (χ4v) is 1.84. The van der Waals surface area contributed by atoms with Crippen LogP contribution in [0.2, 0.25) is 0 Å². The van der Waals surface area contributed by atoms with Crippen LogP contribution in [0.5, 0.6) is 0 Å². The van der Waals surface area contributed by atoms with Crippen molar-refractivity contribution in [2.75, 3.05) is 13.2 Å². The third kappa shape index (κ3) is 1.99. The third-order valence-electron chi connectivity index (χ3n) is 2.61. The van der Waals surface area contributed by atoms with Gasteiger partial charge >= 0.3 is 0 Å². The van der Waals surface area contributed by atoms with Crippen LogP contribution in [0.3, 0.4) is 0 Å². The van der Waals surface area contributed by atoms with Crippen molar-refractivity contribution in [3.63, 3.8) is 0 Å². The van der Waals surface area contributed by atoms with Crippen molar-refractivity contribution >= 4 is 0 Å². The topological polar surface area (TPSA) is 3.24 Å². The molecule has 2 heteroatoms. The second-order valence-corrected chi connectivity index (χ2v) is 3.88. The number of halogens is 1. The standard InChI is InChI=1S/C10H18FN/c1-8(2)12-7-9(3)4-5-10(12)6-11/h9-10H,1,4-7H2,2-3H3/t9?,10-/m0/s1. The summed E-state index contributed by atoms with van der Waals surface area (Å²) in [5, 5.41) is 0. The average molecular weight is 171 g/mol. The van der Waals surface area contributed by atoms with Crippen LogP contribution in [0.4, 0.5) is 4.39 Å². The summed E-state index contributed by atoms with van der Waals surface area (Å²) < 4.78 is 12.5. The van der Waals surface area contributed by atoms with Crippen molar-refractivity contribution in [1.29, 1.82) is 0 Å². The van der Waals surface area contributed by atoms with Crippen molar-refractivity contribution in [1.82, 2.24) is 4.90 Å². The molecule has 1 saturated heterocycles. The van der Waals surface area contributed by atoms with Gasteiger partial charge in [0.1, 0.15) is 6.67 Å². The predicted molar refractivity (Wildman–Crippen MR) is 49.7 cm³/mol. The van der Waals surface area contributed by atoms with Gasteiger partial charge in [0.15, 0.2) is 0 Å². The van der Waals surface area contributed by atoms with Crippen molar-refractivity contribution in [2.24, 2.45) is 5.92 Å². The number of alkyl halides is 1. The summed E-state index contributed by atoms with van der Waals surface area (Å²) in [6, 6.07) is 0.0960. The monoisotopic (exact) mass is 171 g/mol. The lowest BCUT2D eigenvalue weighted by Gasteiger charge is -2.39. The highest BCUT2D eigenvalue weighted by Gasteiger charge is 2.25. The molecular formula is C10H18FN. The zero-order valence-electron chi connectivity index (χ0n) is 8.02. The van der Waals surface area contributed by atoms with Crippen LogP contribution in [0.15, 0.2) is 12.3 Å². The van der Waals surface area contributed by atoms with E-state index < -0.39 is 0 Å². The third-order valence-corrected chi connectivity index (χ3v) is 2.61. The van der Waals surface area contributed by atoms with E-state index >= 15 is 0 Å². The highest BCUT2D eigenvalue weighted by Crippen LogP contribution is 2.24. The van der Waals surface area contributed by atoms with Crippen LogP contribution < -0.4 is 0 Å². The molecule has 2 atom stereocenters. The lowest BCUT2D eigenvalue weighted by molar-refractivity contribution is 0.130. The lowest BCUT2D eigenvalue weighted by Crippen LogP contribution is -2.42. The molecule has 0 radical (unpaired) electrons. The number of hydrogen-bond acceptors (Lipinski definition) is 1. The minimum absolute atomic E-state index is 0.0960. The van der Waals surface area contributed by atoms with E-state index in [2.05, 4.69) is 18.4 Å². The first-order valence-electron chi connectivity index (χ1n) is 4.63. The molecular weight excluding hydrogens is 153 g/mol. The average Bonchev–Trinajstić information content (AvgIpc) is 2.04. The van der Waals surface area contributed by atoms with E-state index in [1.807, 2.05) is 6.92 Å². The van der Waals surface area contributed by atoms with Gasteiger partial charge in [-0.2, -0.15) is 0 Å². The van der Waals surface area contributed by atoms with Crippen molar-refractivity contribution in [3.05, 3.63) is 12.3 Å². The van der Waals surface area contributed by atoms with Crippen LogP contribution in [-0.2, 0) is 0 Å². The molecule has 0 bridgehead atoms. The largest absolute Gasteiger partial charge is 0.370 e. The molecule has 70 valence electrons. The second-order valence-electron chi connectivity index (χ2n) is 3.88. The summed E-state index contributed by atoms with van der Waals surface area (Å²) in [4.78, 5) is 2.11.